The van der Waals surface area contributed by atoms with E-state index in [1.165, 1.54) is 11.3 Å². The van der Waals surface area contributed by atoms with E-state index in [0.29, 0.717) is 13.2 Å². The minimum atomic E-state index is -3.29. The summed E-state index contributed by atoms with van der Waals surface area (Å²) < 4.78 is 29.7. The Morgan fingerprint density at radius 2 is 1.82 bits per heavy atom. The summed E-state index contributed by atoms with van der Waals surface area (Å²) in [5.74, 6) is -0.301. The van der Waals surface area contributed by atoms with Gasteiger partial charge in [0.2, 0.25) is 0 Å². The molecule has 6 heteroatoms. The van der Waals surface area contributed by atoms with Crippen molar-refractivity contribution >= 4 is 21.5 Å². The van der Waals surface area contributed by atoms with Crippen molar-refractivity contribution in [3.05, 3.63) is 59.7 Å². The van der Waals surface area contributed by atoms with E-state index in [0.717, 1.165) is 24.9 Å². The van der Waals surface area contributed by atoms with Crippen LogP contribution in [0, 0.1) is 0 Å². The highest BCUT2D eigenvalue weighted by Gasteiger charge is 2.19. The van der Waals surface area contributed by atoms with Crippen molar-refractivity contribution in [2.45, 2.75) is 43.3 Å². The minimum absolute atomic E-state index is 0.137. The van der Waals surface area contributed by atoms with Gasteiger partial charge in [-0.15, -0.1) is 0 Å². The van der Waals surface area contributed by atoms with E-state index in [9.17, 15) is 13.2 Å². The summed E-state index contributed by atoms with van der Waals surface area (Å²) in [5, 5.41) is -0.469. The lowest BCUT2D eigenvalue weighted by molar-refractivity contribution is -0.142. The van der Waals surface area contributed by atoms with Crippen molar-refractivity contribution in [3.8, 4) is 0 Å². The van der Waals surface area contributed by atoms with Crippen molar-refractivity contribution in [1.29, 1.82) is 0 Å². The highest BCUT2D eigenvalue weighted by atomic mass is 32.2. The number of carbonyl (C=O) groups excluding carboxylic acids is 1. The van der Waals surface area contributed by atoms with Crippen molar-refractivity contribution < 1.29 is 17.9 Å². The molecule has 0 amide bonds. The zero-order chi connectivity index (χ0) is 20.1. The highest BCUT2D eigenvalue weighted by molar-refractivity contribution is 7.92. The summed E-state index contributed by atoms with van der Waals surface area (Å²) in [6.07, 6.45) is 2.34. The van der Waals surface area contributed by atoms with E-state index in [-0.39, 0.29) is 17.3 Å². The van der Waals surface area contributed by atoms with Crippen LogP contribution < -0.4 is 4.90 Å². The van der Waals surface area contributed by atoms with Gasteiger partial charge in [0, 0.05) is 12.2 Å². The predicted molar refractivity (Wildman–Crippen MR) is 110 cm³/mol. The average Bonchev–Trinajstić information content (AvgIpc) is 2.68. The largest absolute Gasteiger partial charge is 0.464 e. The van der Waals surface area contributed by atoms with E-state index >= 15 is 0 Å². The first kappa shape index (κ1) is 20.4. The number of anilines is 1. The van der Waals surface area contributed by atoms with Gasteiger partial charge in [-0.3, -0.25) is 4.79 Å². The number of esters is 1. The number of ether oxygens (including phenoxy) is 1. The van der Waals surface area contributed by atoms with Crippen LogP contribution in [0.15, 0.2) is 53.4 Å². The summed E-state index contributed by atoms with van der Waals surface area (Å²) in [5.41, 5.74) is 3.32. The Hall–Kier alpha value is -2.34. The predicted octanol–water partition coefficient (Wildman–Crippen LogP) is 3.41. The Morgan fingerprint density at radius 1 is 1.11 bits per heavy atom. The molecular weight excluding hydrogens is 374 g/mol. The van der Waals surface area contributed by atoms with Crippen LogP contribution in [0.25, 0.3) is 0 Å². The molecule has 0 saturated carbocycles. The number of nitrogens with zero attached hydrogens (tertiary/aromatic N) is 1. The molecular formula is C22H27NO4S. The van der Waals surface area contributed by atoms with Crippen molar-refractivity contribution in [2.24, 2.45) is 0 Å². The number of rotatable bonds is 7. The Bertz CT molecular complexity index is 920. The lowest BCUT2D eigenvalue weighted by Gasteiger charge is -2.31. The number of fused-ring (bicyclic) bond motifs is 1. The van der Waals surface area contributed by atoms with Gasteiger partial charge in [0.05, 0.1) is 23.1 Å². The standard InChI is InChI=1S/C22H27NO4S/c1-17(2)28(25,26)20-11-9-18(10-12-20)16-22(24)27-15-14-23-13-5-7-19-6-3-4-8-21(19)23/h3-4,6,8-12,17H,5,7,13-16H2,1-2H3. The fraction of sp³-hybridized carbons (Fsp3) is 0.409. The number of hydrogen-bond acceptors (Lipinski definition) is 5. The lowest BCUT2D eigenvalue weighted by atomic mass is 10.0. The van der Waals surface area contributed by atoms with E-state index < -0.39 is 15.1 Å². The second-order valence-electron chi connectivity index (χ2n) is 7.35. The molecule has 28 heavy (non-hydrogen) atoms. The van der Waals surface area contributed by atoms with Crippen LogP contribution in [0.3, 0.4) is 0 Å². The molecule has 1 aliphatic heterocycles. The molecule has 0 bridgehead atoms. The zero-order valence-corrected chi connectivity index (χ0v) is 17.2. The minimum Gasteiger partial charge on any atom is -0.464 e. The van der Waals surface area contributed by atoms with Crippen LogP contribution in [0.5, 0.6) is 0 Å². The first-order valence-electron chi connectivity index (χ1n) is 9.69. The van der Waals surface area contributed by atoms with Crippen molar-refractivity contribution in [1.82, 2.24) is 0 Å². The number of sulfone groups is 1. The van der Waals surface area contributed by atoms with E-state index in [4.69, 9.17) is 4.74 Å². The molecule has 2 aromatic rings. The summed E-state index contributed by atoms with van der Waals surface area (Å²) >= 11 is 0. The second kappa shape index (κ2) is 8.78. The fourth-order valence-corrected chi connectivity index (χ4v) is 4.46. The summed E-state index contributed by atoms with van der Waals surface area (Å²) in [6, 6.07) is 14.8. The smallest absolute Gasteiger partial charge is 0.310 e. The number of aryl methyl sites for hydroxylation is 1. The molecule has 5 nitrogen and oxygen atoms in total. The van der Waals surface area contributed by atoms with Gasteiger partial charge >= 0.3 is 5.97 Å². The molecule has 0 radical (unpaired) electrons. The van der Waals surface area contributed by atoms with Gasteiger partial charge in [-0.25, -0.2) is 8.42 Å². The average molecular weight is 402 g/mol. The van der Waals surface area contributed by atoms with Gasteiger partial charge in [-0.2, -0.15) is 0 Å². The third kappa shape index (κ3) is 4.73. The molecule has 0 unspecified atom stereocenters. The summed E-state index contributed by atoms with van der Waals surface area (Å²) in [6.45, 7) is 5.30. The topological polar surface area (TPSA) is 63.7 Å². The van der Waals surface area contributed by atoms with Gasteiger partial charge < -0.3 is 9.64 Å². The zero-order valence-electron chi connectivity index (χ0n) is 16.4. The molecule has 0 spiro atoms. The van der Waals surface area contributed by atoms with Crippen LogP contribution in [0.2, 0.25) is 0 Å². The molecule has 1 aliphatic rings. The van der Waals surface area contributed by atoms with Crippen LogP contribution in [-0.4, -0.2) is 39.3 Å². The van der Waals surface area contributed by atoms with Crippen molar-refractivity contribution in [2.75, 3.05) is 24.6 Å². The Kier molecular flexibility index (Phi) is 6.39. The first-order valence-corrected chi connectivity index (χ1v) is 11.2. The maximum absolute atomic E-state index is 12.1. The normalized spacial score (nSPS) is 14.0. The van der Waals surface area contributed by atoms with Gasteiger partial charge in [0.1, 0.15) is 6.61 Å². The number of benzene rings is 2. The molecule has 3 rings (SSSR count). The monoisotopic (exact) mass is 401 g/mol. The Labute approximate surface area is 167 Å². The quantitative estimate of drug-likeness (QED) is 0.666. The van der Waals surface area contributed by atoms with Gasteiger partial charge in [-0.1, -0.05) is 30.3 Å². The van der Waals surface area contributed by atoms with Gasteiger partial charge in [0.15, 0.2) is 9.84 Å². The fourth-order valence-electron chi connectivity index (χ4n) is 3.40. The molecule has 0 atom stereocenters. The molecule has 0 saturated heterocycles. The number of para-hydroxylation sites is 1. The Morgan fingerprint density at radius 3 is 2.54 bits per heavy atom. The highest BCUT2D eigenvalue weighted by Crippen LogP contribution is 2.26. The molecule has 0 aromatic heterocycles. The molecule has 0 N–H and O–H groups in total. The maximum Gasteiger partial charge on any atom is 0.310 e. The second-order valence-corrected chi connectivity index (χ2v) is 9.86. The summed E-state index contributed by atoms with van der Waals surface area (Å²) in [4.78, 5) is 14.7. The molecule has 0 aliphatic carbocycles. The molecule has 2 aromatic carbocycles. The van der Waals surface area contributed by atoms with E-state index in [2.05, 4.69) is 23.1 Å². The maximum atomic E-state index is 12.1. The third-order valence-electron chi connectivity index (χ3n) is 5.05. The lowest BCUT2D eigenvalue weighted by Crippen LogP contribution is -2.33. The SMILES string of the molecule is CC(C)S(=O)(=O)c1ccc(CC(=O)OCCN2CCCc3ccccc32)cc1. The Balaban J connectivity index is 1.50. The number of carbonyl (C=O) groups is 1. The molecule has 1 heterocycles. The molecule has 0 fully saturated rings. The van der Waals surface area contributed by atoms with Crippen LogP contribution in [-0.2, 0) is 32.2 Å². The van der Waals surface area contributed by atoms with Crippen LogP contribution >= 0.6 is 0 Å². The summed E-state index contributed by atoms with van der Waals surface area (Å²) in [7, 11) is -3.29. The van der Waals surface area contributed by atoms with E-state index in [1.807, 2.05) is 6.07 Å². The van der Waals surface area contributed by atoms with Crippen molar-refractivity contribution in [3.63, 3.8) is 0 Å². The van der Waals surface area contributed by atoms with Crippen LogP contribution in [0.4, 0.5) is 5.69 Å². The third-order valence-corrected chi connectivity index (χ3v) is 7.22. The number of hydrogen-bond donors (Lipinski definition) is 0. The first-order chi connectivity index (χ1) is 13.4. The van der Waals surface area contributed by atoms with Crippen LogP contribution in [0.1, 0.15) is 31.4 Å². The van der Waals surface area contributed by atoms with E-state index in [1.54, 1.807) is 38.1 Å². The van der Waals surface area contributed by atoms with Gasteiger partial charge in [-0.05, 0) is 56.0 Å². The van der Waals surface area contributed by atoms with Gasteiger partial charge in [0.25, 0.3) is 0 Å². The molecule has 150 valence electrons.